The molecule has 5 rings (SSSR count). The van der Waals surface area contributed by atoms with Crippen LogP contribution in [0.25, 0.3) is 10.2 Å². The highest BCUT2D eigenvalue weighted by Gasteiger charge is 2.25. The van der Waals surface area contributed by atoms with Gasteiger partial charge in [0.1, 0.15) is 11.3 Å². The first-order chi connectivity index (χ1) is 17.4. The standard InChI is InChI=1S/C25H23ClN4O4S2/c1-34-21-12-11-20(26)23-22(21)27-25(35-23)30-15-13-29(14-16-30)24(31)17-7-9-18(10-8-17)28-36(32,33)19-5-3-2-4-6-19/h2-12,28H,13-16H2,1H3. The normalized spacial score (nSPS) is 14.2. The summed E-state index contributed by atoms with van der Waals surface area (Å²) in [6.45, 7) is 2.37. The summed E-state index contributed by atoms with van der Waals surface area (Å²) in [5.41, 5.74) is 1.64. The van der Waals surface area contributed by atoms with E-state index in [9.17, 15) is 13.2 Å². The summed E-state index contributed by atoms with van der Waals surface area (Å²) in [6.07, 6.45) is 0. The molecular formula is C25H23ClN4O4S2. The Bertz CT molecular complexity index is 1500. The first kappa shape index (κ1) is 24.4. The number of aromatic nitrogens is 1. The fourth-order valence-electron chi connectivity index (χ4n) is 4.02. The largest absolute Gasteiger partial charge is 0.494 e. The van der Waals surface area contributed by atoms with E-state index < -0.39 is 10.0 Å². The average Bonchev–Trinajstić information content (AvgIpc) is 3.36. The Labute approximate surface area is 218 Å². The van der Waals surface area contributed by atoms with Crippen molar-refractivity contribution in [3.8, 4) is 5.75 Å². The SMILES string of the molecule is COc1ccc(Cl)c2sc(N3CCN(C(=O)c4ccc(NS(=O)(=O)c5ccccc5)cc4)CC3)nc12. The van der Waals surface area contributed by atoms with Gasteiger partial charge >= 0.3 is 0 Å². The van der Waals surface area contributed by atoms with Gasteiger partial charge in [-0.1, -0.05) is 41.1 Å². The molecule has 0 aliphatic carbocycles. The van der Waals surface area contributed by atoms with Crippen molar-refractivity contribution in [1.29, 1.82) is 0 Å². The molecule has 1 saturated heterocycles. The Balaban J connectivity index is 1.23. The number of nitrogens with one attached hydrogen (secondary N) is 1. The number of piperazine rings is 1. The van der Waals surface area contributed by atoms with Gasteiger partial charge in [-0.3, -0.25) is 9.52 Å². The van der Waals surface area contributed by atoms with Crippen LogP contribution in [0.1, 0.15) is 10.4 Å². The number of benzene rings is 3. The number of hydrogen-bond acceptors (Lipinski definition) is 7. The number of nitrogens with zero attached hydrogens (tertiary/aromatic N) is 3. The molecule has 0 atom stereocenters. The van der Waals surface area contributed by atoms with Crippen LogP contribution in [-0.2, 0) is 10.0 Å². The minimum absolute atomic E-state index is 0.0962. The highest BCUT2D eigenvalue weighted by atomic mass is 35.5. The molecule has 36 heavy (non-hydrogen) atoms. The van der Waals surface area contributed by atoms with Crippen LogP contribution in [-0.4, -0.2) is 57.5 Å². The molecule has 0 radical (unpaired) electrons. The van der Waals surface area contributed by atoms with Gasteiger partial charge in [-0.25, -0.2) is 13.4 Å². The van der Waals surface area contributed by atoms with Gasteiger partial charge in [0.2, 0.25) is 0 Å². The lowest BCUT2D eigenvalue weighted by atomic mass is 10.1. The number of anilines is 2. The van der Waals surface area contributed by atoms with Gasteiger partial charge in [0, 0.05) is 37.4 Å². The number of fused-ring (bicyclic) bond motifs is 1. The fraction of sp³-hybridized carbons (Fsp3) is 0.200. The number of carbonyl (C=O) groups excluding carboxylic acids is 1. The monoisotopic (exact) mass is 542 g/mol. The van der Waals surface area contributed by atoms with Gasteiger partial charge in [-0.2, -0.15) is 0 Å². The highest BCUT2D eigenvalue weighted by molar-refractivity contribution is 7.92. The molecule has 1 amide bonds. The molecule has 1 aliphatic heterocycles. The third kappa shape index (κ3) is 4.84. The second-order valence-electron chi connectivity index (χ2n) is 8.20. The van der Waals surface area contributed by atoms with Crippen molar-refractivity contribution in [1.82, 2.24) is 9.88 Å². The molecule has 1 aliphatic rings. The Morgan fingerprint density at radius 1 is 1.00 bits per heavy atom. The molecule has 1 aromatic heterocycles. The van der Waals surface area contributed by atoms with Crippen LogP contribution in [0.3, 0.4) is 0 Å². The quantitative estimate of drug-likeness (QED) is 0.379. The van der Waals surface area contributed by atoms with Crippen molar-refractivity contribution < 1.29 is 17.9 Å². The summed E-state index contributed by atoms with van der Waals surface area (Å²) in [5, 5.41) is 1.48. The molecule has 3 aromatic carbocycles. The first-order valence-corrected chi connectivity index (χ1v) is 13.9. The van der Waals surface area contributed by atoms with E-state index in [0.29, 0.717) is 48.2 Å². The number of ether oxygens (including phenoxy) is 1. The van der Waals surface area contributed by atoms with Crippen LogP contribution in [0.4, 0.5) is 10.8 Å². The molecule has 186 valence electrons. The fourth-order valence-corrected chi connectivity index (χ4v) is 6.41. The van der Waals surface area contributed by atoms with E-state index in [0.717, 1.165) is 15.3 Å². The number of rotatable bonds is 6. The predicted molar refractivity (Wildman–Crippen MR) is 143 cm³/mol. The van der Waals surface area contributed by atoms with E-state index in [1.165, 1.54) is 23.5 Å². The zero-order chi connectivity index (χ0) is 25.3. The minimum Gasteiger partial charge on any atom is -0.494 e. The number of thiazole rings is 1. The van der Waals surface area contributed by atoms with Crippen LogP contribution in [0, 0.1) is 0 Å². The van der Waals surface area contributed by atoms with Crippen LogP contribution in [0.5, 0.6) is 5.75 Å². The molecule has 2 heterocycles. The van der Waals surface area contributed by atoms with Crippen molar-refractivity contribution in [3.63, 3.8) is 0 Å². The molecule has 0 unspecified atom stereocenters. The summed E-state index contributed by atoms with van der Waals surface area (Å²) in [4.78, 5) is 21.9. The van der Waals surface area contributed by atoms with Crippen LogP contribution in [0.15, 0.2) is 71.6 Å². The molecule has 8 nitrogen and oxygen atoms in total. The number of sulfonamides is 1. The van der Waals surface area contributed by atoms with Crippen molar-refractivity contribution >= 4 is 59.9 Å². The Morgan fingerprint density at radius 3 is 2.36 bits per heavy atom. The molecule has 11 heteroatoms. The number of methoxy groups -OCH3 is 1. The van der Waals surface area contributed by atoms with Crippen LogP contribution in [0.2, 0.25) is 5.02 Å². The molecule has 0 spiro atoms. The second kappa shape index (κ2) is 9.96. The average molecular weight is 543 g/mol. The van der Waals surface area contributed by atoms with Crippen LogP contribution < -0.4 is 14.4 Å². The first-order valence-electron chi connectivity index (χ1n) is 11.2. The lowest BCUT2D eigenvalue weighted by molar-refractivity contribution is 0.0747. The molecule has 4 aromatic rings. The lowest BCUT2D eigenvalue weighted by Gasteiger charge is -2.34. The van der Waals surface area contributed by atoms with E-state index in [-0.39, 0.29) is 10.8 Å². The predicted octanol–water partition coefficient (Wildman–Crippen LogP) is 4.72. The van der Waals surface area contributed by atoms with Crippen molar-refractivity contribution in [3.05, 3.63) is 77.3 Å². The van der Waals surface area contributed by atoms with E-state index in [1.54, 1.807) is 60.5 Å². The van der Waals surface area contributed by atoms with Crippen molar-refractivity contribution in [2.45, 2.75) is 4.90 Å². The smallest absolute Gasteiger partial charge is 0.261 e. The summed E-state index contributed by atoms with van der Waals surface area (Å²) in [7, 11) is -2.08. The van der Waals surface area contributed by atoms with Gasteiger partial charge in [0.15, 0.2) is 5.13 Å². The molecule has 0 bridgehead atoms. The number of hydrogen-bond donors (Lipinski definition) is 1. The maximum atomic E-state index is 13.1. The second-order valence-corrected chi connectivity index (χ2v) is 11.3. The third-order valence-electron chi connectivity index (χ3n) is 5.94. The molecule has 1 fully saturated rings. The van der Waals surface area contributed by atoms with Gasteiger partial charge in [0.25, 0.3) is 15.9 Å². The Morgan fingerprint density at radius 2 is 1.69 bits per heavy atom. The Hall–Kier alpha value is -3.34. The van der Waals surface area contributed by atoms with Gasteiger partial charge in [-0.15, -0.1) is 0 Å². The van der Waals surface area contributed by atoms with E-state index in [4.69, 9.17) is 21.3 Å². The van der Waals surface area contributed by atoms with Crippen LogP contribution >= 0.6 is 22.9 Å². The third-order valence-corrected chi connectivity index (χ3v) is 8.92. The zero-order valence-corrected chi connectivity index (χ0v) is 21.7. The summed E-state index contributed by atoms with van der Waals surface area (Å²) >= 11 is 7.87. The maximum absolute atomic E-state index is 13.1. The van der Waals surface area contributed by atoms with E-state index >= 15 is 0 Å². The van der Waals surface area contributed by atoms with E-state index in [1.807, 2.05) is 6.07 Å². The number of carbonyl (C=O) groups is 1. The summed E-state index contributed by atoms with van der Waals surface area (Å²) in [6, 6.07) is 18.2. The lowest BCUT2D eigenvalue weighted by Crippen LogP contribution is -2.48. The maximum Gasteiger partial charge on any atom is 0.261 e. The number of halogens is 1. The zero-order valence-electron chi connectivity index (χ0n) is 19.3. The van der Waals surface area contributed by atoms with Gasteiger partial charge in [-0.05, 0) is 48.5 Å². The number of amides is 1. The van der Waals surface area contributed by atoms with Gasteiger partial charge in [0.05, 0.1) is 21.7 Å². The van der Waals surface area contributed by atoms with E-state index in [2.05, 4.69) is 9.62 Å². The molecule has 1 N–H and O–H groups in total. The van der Waals surface area contributed by atoms with Gasteiger partial charge < -0.3 is 14.5 Å². The van der Waals surface area contributed by atoms with Crippen molar-refractivity contribution in [2.24, 2.45) is 0 Å². The van der Waals surface area contributed by atoms with Crippen molar-refractivity contribution in [2.75, 3.05) is 42.9 Å². The Kier molecular flexibility index (Phi) is 6.74. The highest BCUT2D eigenvalue weighted by Crippen LogP contribution is 2.38. The minimum atomic E-state index is -3.69. The molecule has 0 saturated carbocycles. The summed E-state index contributed by atoms with van der Waals surface area (Å²) < 4.78 is 33.9. The summed E-state index contributed by atoms with van der Waals surface area (Å²) in [5.74, 6) is 0.585. The molecular weight excluding hydrogens is 520 g/mol. The topological polar surface area (TPSA) is 91.8 Å².